The van der Waals surface area contributed by atoms with Crippen molar-refractivity contribution in [3.05, 3.63) is 12.5 Å². The lowest BCUT2D eigenvalue weighted by atomic mass is 10.2. The Labute approximate surface area is 108 Å². The van der Waals surface area contributed by atoms with E-state index < -0.39 is 10.0 Å². The van der Waals surface area contributed by atoms with Crippen molar-refractivity contribution in [2.45, 2.75) is 25.4 Å². The maximum atomic E-state index is 12.3. The Morgan fingerprint density at radius 2 is 2.06 bits per heavy atom. The summed E-state index contributed by atoms with van der Waals surface area (Å²) in [7, 11) is -3.42. The summed E-state index contributed by atoms with van der Waals surface area (Å²) in [6.07, 6.45) is 3.21. The number of hydrogen-bond acceptors (Lipinski definition) is 4. The molecule has 0 saturated carbocycles. The molecule has 0 radical (unpaired) electrons. The van der Waals surface area contributed by atoms with Gasteiger partial charge in [0.2, 0.25) is 0 Å². The number of nitrogens with one attached hydrogen (secondary N) is 1. The molecule has 0 aliphatic carbocycles. The van der Waals surface area contributed by atoms with Crippen molar-refractivity contribution in [1.82, 2.24) is 19.2 Å². The molecule has 18 heavy (non-hydrogen) atoms. The first-order chi connectivity index (χ1) is 8.50. The first-order valence-electron chi connectivity index (χ1n) is 6.23. The molecule has 6 nitrogen and oxygen atoms in total. The average Bonchev–Trinajstić information content (AvgIpc) is 2.78. The van der Waals surface area contributed by atoms with Crippen LogP contribution in [0.4, 0.5) is 0 Å². The Hall–Kier alpha value is -0.920. The van der Waals surface area contributed by atoms with Gasteiger partial charge in [-0.05, 0) is 5.92 Å². The van der Waals surface area contributed by atoms with Crippen LogP contribution >= 0.6 is 0 Å². The molecule has 1 fully saturated rings. The Morgan fingerprint density at radius 1 is 1.39 bits per heavy atom. The van der Waals surface area contributed by atoms with Gasteiger partial charge in [-0.1, -0.05) is 13.8 Å². The lowest BCUT2D eigenvalue weighted by Gasteiger charge is -2.25. The first-order valence-corrected chi connectivity index (χ1v) is 7.67. The molecule has 2 rings (SSSR count). The predicted octanol–water partition coefficient (Wildman–Crippen LogP) is 0.133. The number of sulfonamides is 1. The molecule has 1 aliphatic heterocycles. The molecule has 102 valence electrons. The third-order valence-electron chi connectivity index (χ3n) is 2.87. The lowest BCUT2D eigenvalue weighted by Crippen LogP contribution is -2.46. The summed E-state index contributed by atoms with van der Waals surface area (Å²) >= 11 is 0. The summed E-state index contributed by atoms with van der Waals surface area (Å²) in [6, 6.07) is 0. The highest BCUT2D eigenvalue weighted by molar-refractivity contribution is 7.89. The van der Waals surface area contributed by atoms with Crippen LogP contribution in [0.1, 0.15) is 13.8 Å². The van der Waals surface area contributed by atoms with E-state index in [1.165, 1.54) is 4.31 Å². The summed E-state index contributed by atoms with van der Waals surface area (Å²) in [6.45, 7) is 7.38. The highest BCUT2D eigenvalue weighted by Gasteiger charge is 2.27. The van der Waals surface area contributed by atoms with E-state index in [-0.39, 0.29) is 5.03 Å². The van der Waals surface area contributed by atoms with Crippen LogP contribution < -0.4 is 5.32 Å². The van der Waals surface area contributed by atoms with Gasteiger partial charge in [-0.25, -0.2) is 13.4 Å². The molecular weight excluding hydrogens is 252 g/mol. The molecule has 7 heteroatoms. The molecule has 1 aliphatic rings. The number of aromatic nitrogens is 2. The fraction of sp³-hybridized carbons (Fsp3) is 0.727. The van der Waals surface area contributed by atoms with Crippen LogP contribution in [0.15, 0.2) is 17.6 Å². The smallest absolute Gasteiger partial charge is 0.262 e. The standard InChI is InChI=1S/C11H20N4O2S/c1-10(2)7-14-8-11(13-9-14)18(16,17)15-5-3-12-4-6-15/h8-10,12H,3-7H2,1-2H3. The lowest BCUT2D eigenvalue weighted by molar-refractivity contribution is 0.359. The van der Waals surface area contributed by atoms with Gasteiger partial charge in [0.1, 0.15) is 0 Å². The fourth-order valence-corrected chi connectivity index (χ4v) is 3.39. The molecule has 1 aromatic heterocycles. The van der Waals surface area contributed by atoms with Crippen molar-refractivity contribution in [1.29, 1.82) is 0 Å². The number of hydrogen-bond donors (Lipinski definition) is 1. The molecule has 0 aromatic carbocycles. The minimum absolute atomic E-state index is 0.157. The van der Waals surface area contributed by atoms with Gasteiger partial charge in [-0.2, -0.15) is 4.31 Å². The van der Waals surface area contributed by atoms with Crippen molar-refractivity contribution in [3.8, 4) is 0 Å². The van der Waals surface area contributed by atoms with Gasteiger partial charge in [-0.15, -0.1) is 0 Å². The van der Waals surface area contributed by atoms with Crippen molar-refractivity contribution < 1.29 is 8.42 Å². The number of rotatable bonds is 4. The second kappa shape index (κ2) is 5.38. The van der Waals surface area contributed by atoms with Crippen molar-refractivity contribution in [2.75, 3.05) is 26.2 Å². The summed E-state index contributed by atoms with van der Waals surface area (Å²) < 4.78 is 27.9. The van der Waals surface area contributed by atoms with E-state index in [0.29, 0.717) is 32.1 Å². The van der Waals surface area contributed by atoms with Crippen molar-refractivity contribution in [3.63, 3.8) is 0 Å². The average molecular weight is 272 g/mol. The number of nitrogens with zero attached hydrogens (tertiary/aromatic N) is 3. The molecule has 0 atom stereocenters. The normalized spacial score (nSPS) is 18.4. The molecule has 0 bridgehead atoms. The summed E-state index contributed by atoms with van der Waals surface area (Å²) in [5.41, 5.74) is 0. The molecule has 2 heterocycles. The van der Waals surface area contributed by atoms with Gasteiger partial charge < -0.3 is 9.88 Å². The van der Waals surface area contributed by atoms with Crippen LogP contribution in [0.25, 0.3) is 0 Å². The van der Waals surface area contributed by atoms with E-state index in [0.717, 1.165) is 6.54 Å². The van der Waals surface area contributed by atoms with Crippen molar-refractivity contribution in [2.24, 2.45) is 5.92 Å². The monoisotopic (exact) mass is 272 g/mol. The van der Waals surface area contributed by atoms with Crippen LogP contribution in [0.3, 0.4) is 0 Å². The third kappa shape index (κ3) is 2.90. The maximum absolute atomic E-state index is 12.3. The van der Waals surface area contributed by atoms with E-state index >= 15 is 0 Å². The Bertz CT molecular complexity index is 489. The second-order valence-corrected chi connectivity index (χ2v) is 6.84. The van der Waals surface area contributed by atoms with E-state index in [2.05, 4.69) is 24.1 Å². The Morgan fingerprint density at radius 3 is 2.67 bits per heavy atom. The zero-order chi connectivity index (χ0) is 13.2. The molecule has 0 amide bonds. The van der Waals surface area contributed by atoms with E-state index in [4.69, 9.17) is 0 Å². The predicted molar refractivity (Wildman–Crippen MR) is 68.7 cm³/mol. The third-order valence-corrected chi connectivity index (χ3v) is 4.65. The molecule has 0 unspecified atom stereocenters. The highest BCUT2D eigenvalue weighted by Crippen LogP contribution is 2.14. The minimum Gasteiger partial charge on any atom is -0.336 e. The summed E-state index contributed by atoms with van der Waals surface area (Å²) in [5.74, 6) is 0.467. The highest BCUT2D eigenvalue weighted by atomic mass is 32.2. The van der Waals surface area contributed by atoms with Gasteiger partial charge in [0.05, 0.1) is 6.33 Å². The van der Waals surface area contributed by atoms with Gasteiger partial charge >= 0.3 is 0 Å². The van der Waals surface area contributed by atoms with E-state index in [1.807, 2.05) is 4.57 Å². The fourth-order valence-electron chi connectivity index (χ4n) is 2.01. The Kier molecular flexibility index (Phi) is 4.04. The quantitative estimate of drug-likeness (QED) is 0.846. The maximum Gasteiger partial charge on any atom is 0.262 e. The molecule has 1 aromatic rings. The SMILES string of the molecule is CC(C)Cn1cnc(S(=O)(=O)N2CCNCC2)c1. The van der Waals surface area contributed by atoms with Crippen LogP contribution in [0, 0.1) is 5.92 Å². The zero-order valence-corrected chi connectivity index (χ0v) is 11.7. The van der Waals surface area contributed by atoms with Crippen LogP contribution in [0.2, 0.25) is 0 Å². The van der Waals surface area contributed by atoms with E-state index in [9.17, 15) is 8.42 Å². The largest absolute Gasteiger partial charge is 0.336 e. The van der Waals surface area contributed by atoms with Gasteiger partial charge in [0.25, 0.3) is 10.0 Å². The van der Waals surface area contributed by atoms with Gasteiger partial charge in [0, 0.05) is 38.9 Å². The summed E-state index contributed by atoms with van der Waals surface area (Å²) in [4.78, 5) is 4.03. The molecule has 0 spiro atoms. The van der Waals surface area contributed by atoms with Gasteiger partial charge in [0.15, 0.2) is 5.03 Å². The minimum atomic E-state index is -3.42. The number of piperazine rings is 1. The molecule has 1 saturated heterocycles. The number of imidazole rings is 1. The Balaban J connectivity index is 2.16. The van der Waals surface area contributed by atoms with Gasteiger partial charge in [-0.3, -0.25) is 0 Å². The zero-order valence-electron chi connectivity index (χ0n) is 10.8. The van der Waals surface area contributed by atoms with Crippen LogP contribution in [0.5, 0.6) is 0 Å². The summed E-state index contributed by atoms with van der Waals surface area (Å²) in [5, 5.41) is 3.30. The van der Waals surface area contributed by atoms with E-state index in [1.54, 1.807) is 12.5 Å². The first kappa shape index (κ1) is 13.5. The topological polar surface area (TPSA) is 67.2 Å². The van der Waals surface area contributed by atoms with Crippen LogP contribution in [-0.4, -0.2) is 48.5 Å². The van der Waals surface area contributed by atoms with Crippen molar-refractivity contribution >= 4 is 10.0 Å². The van der Waals surface area contributed by atoms with Crippen LogP contribution in [-0.2, 0) is 16.6 Å². The second-order valence-electron chi connectivity index (χ2n) is 4.96. The molecular formula is C11H20N4O2S. The molecule has 1 N–H and O–H groups in total.